The highest BCUT2D eigenvalue weighted by Crippen LogP contribution is 2.25. The number of aliphatic imine (C=N–C) groups is 1. The monoisotopic (exact) mass is 263 g/mol. The largest absolute Gasteiger partial charge is 0.397 e. The number of ketones is 1. The summed E-state index contributed by atoms with van der Waals surface area (Å²) in [5.74, 6) is -0.101. The van der Waals surface area contributed by atoms with Gasteiger partial charge in [0.1, 0.15) is 5.69 Å². The van der Waals surface area contributed by atoms with Crippen molar-refractivity contribution in [2.75, 3.05) is 5.73 Å². The van der Waals surface area contributed by atoms with Gasteiger partial charge in [0.25, 0.3) is 0 Å². The predicted octanol–water partition coefficient (Wildman–Crippen LogP) is 2.85. The van der Waals surface area contributed by atoms with E-state index in [4.69, 9.17) is 5.73 Å². The van der Waals surface area contributed by atoms with Crippen molar-refractivity contribution in [1.29, 1.82) is 0 Å². The molecule has 2 N–H and O–H groups in total. The molecule has 1 aromatic carbocycles. The molecule has 0 fully saturated rings. The minimum Gasteiger partial charge on any atom is -0.397 e. The van der Waals surface area contributed by atoms with Crippen LogP contribution in [0.25, 0.3) is 0 Å². The maximum atomic E-state index is 11.8. The van der Waals surface area contributed by atoms with E-state index >= 15 is 0 Å². The zero-order chi connectivity index (χ0) is 14.1. The molecule has 4 heteroatoms. The minimum atomic E-state index is -0.101. The number of carbonyl (C=O) groups is 1. The first kappa shape index (κ1) is 12.3. The fourth-order valence-corrected chi connectivity index (χ4v) is 2.13. The van der Waals surface area contributed by atoms with Crippen LogP contribution >= 0.6 is 0 Å². The summed E-state index contributed by atoms with van der Waals surface area (Å²) in [7, 11) is 0. The van der Waals surface area contributed by atoms with E-state index in [9.17, 15) is 4.79 Å². The molecule has 0 spiro atoms. The van der Waals surface area contributed by atoms with Gasteiger partial charge in [-0.1, -0.05) is 6.07 Å². The minimum absolute atomic E-state index is 0.101. The second kappa shape index (κ2) is 4.74. The number of rotatable bonds is 1. The summed E-state index contributed by atoms with van der Waals surface area (Å²) >= 11 is 0. The van der Waals surface area contributed by atoms with Crippen LogP contribution in [0.5, 0.6) is 0 Å². The van der Waals surface area contributed by atoms with Crippen LogP contribution in [-0.4, -0.2) is 16.5 Å². The number of nitrogen functional groups attached to an aromatic ring is 1. The van der Waals surface area contributed by atoms with E-state index < -0.39 is 0 Å². The van der Waals surface area contributed by atoms with Crippen molar-refractivity contribution in [1.82, 2.24) is 4.98 Å². The number of nitrogens with zero attached hydrogens (tertiary/aromatic N) is 2. The summed E-state index contributed by atoms with van der Waals surface area (Å²) in [5, 5.41) is 0. The van der Waals surface area contributed by atoms with Crippen LogP contribution in [0.15, 0.2) is 53.7 Å². The van der Waals surface area contributed by atoms with Crippen molar-refractivity contribution in [3.05, 3.63) is 65.5 Å². The lowest BCUT2D eigenvalue weighted by Gasteiger charge is -2.11. The standard InChI is InChI=1S/C16H13N3O/c1-10-4-5-14(12(17)9-10)19-13-6-7-15(20)16-11(13)3-2-8-18-16/h2-9H,17H2,1H3. The number of allylic oxidation sites excluding steroid dienone is 2. The lowest BCUT2D eigenvalue weighted by molar-refractivity contribution is 0.104. The summed E-state index contributed by atoms with van der Waals surface area (Å²) in [5.41, 5.74) is 10.2. The van der Waals surface area contributed by atoms with E-state index in [1.165, 1.54) is 6.08 Å². The Bertz CT molecular complexity index is 760. The Hall–Kier alpha value is -2.75. The Kier molecular flexibility index (Phi) is 2.91. The van der Waals surface area contributed by atoms with Gasteiger partial charge in [0.05, 0.1) is 17.1 Å². The maximum Gasteiger partial charge on any atom is 0.204 e. The van der Waals surface area contributed by atoms with Gasteiger partial charge < -0.3 is 5.73 Å². The maximum absolute atomic E-state index is 11.8. The average molecular weight is 263 g/mol. The predicted molar refractivity (Wildman–Crippen MR) is 79.5 cm³/mol. The van der Waals surface area contributed by atoms with Crippen molar-refractivity contribution in [3.63, 3.8) is 0 Å². The van der Waals surface area contributed by atoms with Crippen molar-refractivity contribution in [2.45, 2.75) is 6.92 Å². The number of benzene rings is 1. The van der Waals surface area contributed by atoms with E-state index in [0.29, 0.717) is 22.8 Å². The van der Waals surface area contributed by atoms with Crippen LogP contribution in [0.1, 0.15) is 21.6 Å². The lowest BCUT2D eigenvalue weighted by atomic mass is 9.99. The highest BCUT2D eigenvalue weighted by molar-refractivity contribution is 6.23. The van der Waals surface area contributed by atoms with Crippen molar-refractivity contribution in [3.8, 4) is 0 Å². The Balaban J connectivity index is 2.13. The molecule has 2 aromatic rings. The molecule has 0 unspecified atom stereocenters. The SMILES string of the molecule is Cc1ccc(N=C2C=CC(=O)c3ncccc32)c(N)c1. The average Bonchev–Trinajstić information content (AvgIpc) is 2.45. The summed E-state index contributed by atoms with van der Waals surface area (Å²) in [6.07, 6.45) is 4.79. The number of aromatic nitrogens is 1. The van der Waals surface area contributed by atoms with Gasteiger partial charge in [-0.25, -0.2) is 4.99 Å². The molecular weight excluding hydrogens is 250 g/mol. The van der Waals surface area contributed by atoms with E-state index in [1.54, 1.807) is 18.3 Å². The molecule has 1 aliphatic carbocycles. The van der Waals surface area contributed by atoms with Crippen LogP contribution in [0, 0.1) is 6.92 Å². The van der Waals surface area contributed by atoms with E-state index in [1.807, 2.05) is 31.2 Å². The fourth-order valence-electron chi connectivity index (χ4n) is 2.13. The summed E-state index contributed by atoms with van der Waals surface area (Å²) < 4.78 is 0. The molecule has 20 heavy (non-hydrogen) atoms. The molecule has 0 saturated carbocycles. The third-order valence-electron chi connectivity index (χ3n) is 3.13. The van der Waals surface area contributed by atoms with Crippen LogP contribution in [0.3, 0.4) is 0 Å². The van der Waals surface area contributed by atoms with Crippen LogP contribution in [-0.2, 0) is 0 Å². The second-order valence-corrected chi connectivity index (χ2v) is 4.66. The van der Waals surface area contributed by atoms with Gasteiger partial charge >= 0.3 is 0 Å². The first-order valence-electron chi connectivity index (χ1n) is 6.28. The molecule has 1 aliphatic rings. The van der Waals surface area contributed by atoms with E-state index in [-0.39, 0.29) is 5.78 Å². The van der Waals surface area contributed by atoms with Crippen LogP contribution in [0.2, 0.25) is 0 Å². The van der Waals surface area contributed by atoms with Crippen molar-refractivity contribution in [2.24, 2.45) is 4.99 Å². The molecule has 0 saturated heterocycles. The first-order valence-corrected chi connectivity index (χ1v) is 6.28. The highest BCUT2D eigenvalue weighted by atomic mass is 16.1. The van der Waals surface area contributed by atoms with Gasteiger partial charge in [0, 0.05) is 11.8 Å². The summed E-state index contributed by atoms with van der Waals surface area (Å²) in [6.45, 7) is 1.98. The Morgan fingerprint density at radius 2 is 2.05 bits per heavy atom. The van der Waals surface area contributed by atoms with Gasteiger partial charge in [-0.05, 0) is 48.9 Å². The Morgan fingerprint density at radius 1 is 1.20 bits per heavy atom. The number of hydrogen-bond donors (Lipinski definition) is 1. The molecule has 0 bridgehead atoms. The number of aryl methyl sites for hydroxylation is 1. The zero-order valence-electron chi connectivity index (χ0n) is 11.0. The molecule has 0 amide bonds. The molecule has 98 valence electrons. The number of pyridine rings is 1. The van der Waals surface area contributed by atoms with Gasteiger partial charge in [-0.3, -0.25) is 9.78 Å². The molecule has 0 aliphatic heterocycles. The smallest absolute Gasteiger partial charge is 0.204 e. The van der Waals surface area contributed by atoms with Crippen molar-refractivity contribution >= 4 is 22.9 Å². The first-order chi connectivity index (χ1) is 9.65. The molecule has 0 radical (unpaired) electrons. The Labute approximate surface area is 116 Å². The summed E-state index contributed by atoms with van der Waals surface area (Å²) in [6, 6.07) is 9.34. The third-order valence-corrected chi connectivity index (χ3v) is 3.13. The molecule has 1 heterocycles. The number of fused-ring (bicyclic) bond motifs is 1. The van der Waals surface area contributed by atoms with E-state index in [0.717, 1.165) is 11.1 Å². The number of anilines is 1. The highest BCUT2D eigenvalue weighted by Gasteiger charge is 2.18. The molecule has 1 aromatic heterocycles. The van der Waals surface area contributed by atoms with Crippen molar-refractivity contribution < 1.29 is 4.79 Å². The van der Waals surface area contributed by atoms with Gasteiger partial charge in [-0.15, -0.1) is 0 Å². The number of hydrogen-bond acceptors (Lipinski definition) is 4. The summed E-state index contributed by atoms with van der Waals surface area (Å²) in [4.78, 5) is 20.4. The third kappa shape index (κ3) is 2.12. The molecule has 3 rings (SSSR count). The normalized spacial score (nSPS) is 15.4. The van der Waals surface area contributed by atoms with Crippen LogP contribution in [0.4, 0.5) is 11.4 Å². The quantitative estimate of drug-likeness (QED) is 0.804. The molecule has 0 atom stereocenters. The lowest BCUT2D eigenvalue weighted by Crippen LogP contribution is -2.13. The topological polar surface area (TPSA) is 68.3 Å². The number of carbonyl (C=O) groups excluding carboxylic acids is 1. The van der Waals surface area contributed by atoms with E-state index in [2.05, 4.69) is 9.98 Å². The molecular formula is C16H13N3O. The number of nitrogens with two attached hydrogens (primary N) is 1. The Morgan fingerprint density at radius 3 is 2.85 bits per heavy atom. The van der Waals surface area contributed by atoms with Gasteiger partial charge in [0.2, 0.25) is 5.78 Å². The zero-order valence-corrected chi connectivity index (χ0v) is 11.0. The van der Waals surface area contributed by atoms with Gasteiger partial charge in [-0.2, -0.15) is 0 Å². The van der Waals surface area contributed by atoms with Crippen LogP contribution < -0.4 is 5.73 Å². The fraction of sp³-hybridized carbons (Fsp3) is 0.0625. The van der Waals surface area contributed by atoms with Gasteiger partial charge in [0.15, 0.2) is 0 Å². The second-order valence-electron chi connectivity index (χ2n) is 4.66. The molecule has 4 nitrogen and oxygen atoms in total.